The molecule has 2 aromatic rings. The zero-order chi connectivity index (χ0) is 23.7. The number of carbonyl (C=O) groups is 2. The molecular weight excluding hydrogens is 420 g/mol. The summed E-state index contributed by atoms with van der Waals surface area (Å²) in [6, 6.07) is 12.6. The van der Waals surface area contributed by atoms with Crippen molar-refractivity contribution >= 4 is 11.8 Å². The number of rotatable bonds is 11. The van der Waals surface area contributed by atoms with E-state index in [0.29, 0.717) is 12.8 Å². The first-order valence-corrected chi connectivity index (χ1v) is 10.0. The summed E-state index contributed by atoms with van der Waals surface area (Å²) >= 11 is 0. The third kappa shape index (κ3) is 7.50. The van der Waals surface area contributed by atoms with Crippen LogP contribution in [-0.4, -0.2) is 80.0 Å². The predicted molar refractivity (Wildman–Crippen MR) is 114 cm³/mol. The summed E-state index contributed by atoms with van der Waals surface area (Å²) in [5.41, 5.74) is 1.63. The second kappa shape index (κ2) is 12.0. The Morgan fingerprint density at radius 2 is 0.938 bits per heavy atom. The SMILES string of the molecule is O=C(NCCc1ccc(O)cc1)[C@@H](O)[C@@H](O)[C@H](O)[C@@H](O)C(=O)NCCc1ccc(O)cc1. The molecule has 0 fully saturated rings. The normalized spacial score (nSPS) is 14.8. The van der Waals surface area contributed by atoms with Crippen LogP contribution in [0.3, 0.4) is 0 Å². The Balaban J connectivity index is 1.75. The highest BCUT2D eigenvalue weighted by Crippen LogP contribution is 2.11. The fourth-order valence-corrected chi connectivity index (χ4v) is 2.88. The number of amides is 2. The van der Waals surface area contributed by atoms with Crippen LogP contribution in [0.1, 0.15) is 11.1 Å². The number of aliphatic hydroxyl groups excluding tert-OH is 4. The van der Waals surface area contributed by atoms with Gasteiger partial charge in [-0.15, -0.1) is 0 Å². The predicted octanol–water partition coefficient (Wildman–Crippen LogP) is -1.44. The maximum Gasteiger partial charge on any atom is 0.251 e. The van der Waals surface area contributed by atoms with Gasteiger partial charge in [0.2, 0.25) is 0 Å². The molecule has 0 bridgehead atoms. The fraction of sp³-hybridized carbons (Fsp3) is 0.364. The molecule has 0 aliphatic heterocycles. The average Bonchev–Trinajstić information content (AvgIpc) is 2.79. The minimum atomic E-state index is -2.10. The van der Waals surface area contributed by atoms with Crippen molar-refractivity contribution in [1.29, 1.82) is 0 Å². The third-order valence-corrected chi connectivity index (χ3v) is 4.83. The van der Waals surface area contributed by atoms with Gasteiger partial charge in [0, 0.05) is 13.1 Å². The molecule has 0 aliphatic rings. The first kappa shape index (κ1) is 25.1. The van der Waals surface area contributed by atoms with Gasteiger partial charge in [-0.05, 0) is 48.2 Å². The van der Waals surface area contributed by atoms with Gasteiger partial charge in [0.05, 0.1) is 0 Å². The van der Waals surface area contributed by atoms with Gasteiger partial charge >= 0.3 is 0 Å². The standard InChI is InChI=1S/C22H28N2O8/c25-15-5-1-13(2-6-15)9-11-23-21(31)19(29)17(27)18(28)20(30)22(32)24-12-10-14-3-7-16(26)8-4-14/h1-8,17-20,25-30H,9-12H2,(H,23,31)(H,24,32)/t17-,18-,19-,20+/m0/s1. The van der Waals surface area contributed by atoms with Crippen LogP contribution >= 0.6 is 0 Å². The van der Waals surface area contributed by atoms with Crippen LogP contribution in [-0.2, 0) is 22.4 Å². The minimum Gasteiger partial charge on any atom is -0.508 e. The molecule has 8 N–H and O–H groups in total. The third-order valence-electron chi connectivity index (χ3n) is 4.83. The van der Waals surface area contributed by atoms with Crippen LogP contribution < -0.4 is 10.6 Å². The summed E-state index contributed by atoms with van der Waals surface area (Å²) in [6.07, 6.45) is -7.54. The first-order chi connectivity index (χ1) is 15.2. The molecule has 0 saturated heterocycles. The Morgan fingerprint density at radius 3 is 1.25 bits per heavy atom. The van der Waals surface area contributed by atoms with E-state index in [2.05, 4.69) is 10.6 Å². The van der Waals surface area contributed by atoms with Crippen LogP contribution in [0.15, 0.2) is 48.5 Å². The molecule has 2 aromatic carbocycles. The molecule has 0 spiro atoms. The topological polar surface area (TPSA) is 180 Å². The van der Waals surface area contributed by atoms with Crippen LogP contribution in [0, 0.1) is 0 Å². The molecule has 0 aromatic heterocycles. The van der Waals surface area contributed by atoms with E-state index >= 15 is 0 Å². The molecule has 2 amide bonds. The highest BCUT2D eigenvalue weighted by Gasteiger charge is 2.37. The van der Waals surface area contributed by atoms with E-state index in [0.717, 1.165) is 11.1 Å². The molecule has 10 nitrogen and oxygen atoms in total. The summed E-state index contributed by atoms with van der Waals surface area (Å²) in [5.74, 6) is -1.74. The van der Waals surface area contributed by atoms with Gasteiger partial charge in [-0.2, -0.15) is 0 Å². The lowest BCUT2D eigenvalue weighted by Gasteiger charge is -2.25. The van der Waals surface area contributed by atoms with Crippen molar-refractivity contribution in [3.8, 4) is 11.5 Å². The van der Waals surface area contributed by atoms with Crippen molar-refractivity contribution in [3.05, 3.63) is 59.7 Å². The molecular formula is C22H28N2O8. The van der Waals surface area contributed by atoms with Crippen molar-refractivity contribution in [2.45, 2.75) is 37.3 Å². The van der Waals surface area contributed by atoms with Gasteiger partial charge in [-0.25, -0.2) is 0 Å². The van der Waals surface area contributed by atoms with Gasteiger partial charge < -0.3 is 41.3 Å². The summed E-state index contributed by atoms with van der Waals surface area (Å²) in [7, 11) is 0. The van der Waals surface area contributed by atoms with E-state index in [1.165, 1.54) is 24.3 Å². The highest BCUT2D eigenvalue weighted by atomic mass is 16.4. The lowest BCUT2D eigenvalue weighted by atomic mass is 10.0. The fourth-order valence-electron chi connectivity index (χ4n) is 2.88. The molecule has 4 atom stereocenters. The molecule has 32 heavy (non-hydrogen) atoms. The summed E-state index contributed by atoms with van der Waals surface area (Å²) in [6.45, 7) is 0.230. The number of aromatic hydroxyl groups is 2. The number of hydrogen-bond donors (Lipinski definition) is 8. The second-order valence-electron chi connectivity index (χ2n) is 7.29. The summed E-state index contributed by atoms with van der Waals surface area (Å²) < 4.78 is 0. The summed E-state index contributed by atoms with van der Waals surface area (Å²) in [5, 5.41) is 63.1. The maximum absolute atomic E-state index is 12.0. The number of benzene rings is 2. The number of aliphatic hydroxyl groups is 4. The van der Waals surface area contributed by atoms with Crippen molar-refractivity contribution < 1.29 is 40.2 Å². The largest absolute Gasteiger partial charge is 0.508 e. The minimum absolute atomic E-state index is 0.105. The number of phenols is 2. The van der Waals surface area contributed by atoms with Crippen molar-refractivity contribution in [2.75, 3.05) is 13.1 Å². The average molecular weight is 448 g/mol. The number of carbonyl (C=O) groups excluding carboxylic acids is 2. The van der Waals surface area contributed by atoms with E-state index in [-0.39, 0.29) is 24.6 Å². The van der Waals surface area contributed by atoms with E-state index in [4.69, 9.17) is 0 Å². The highest BCUT2D eigenvalue weighted by molar-refractivity contribution is 5.83. The van der Waals surface area contributed by atoms with Gasteiger partial charge in [-0.3, -0.25) is 9.59 Å². The Labute approximate surface area is 184 Å². The lowest BCUT2D eigenvalue weighted by molar-refractivity contribution is -0.155. The second-order valence-corrected chi connectivity index (χ2v) is 7.29. The summed E-state index contributed by atoms with van der Waals surface area (Å²) in [4.78, 5) is 24.0. The Bertz CT molecular complexity index is 799. The van der Waals surface area contributed by atoms with Crippen LogP contribution in [0.5, 0.6) is 11.5 Å². The van der Waals surface area contributed by atoms with Crippen molar-refractivity contribution in [2.24, 2.45) is 0 Å². The van der Waals surface area contributed by atoms with E-state index in [9.17, 15) is 40.2 Å². The van der Waals surface area contributed by atoms with Gasteiger partial charge in [0.1, 0.15) is 23.7 Å². The van der Waals surface area contributed by atoms with E-state index in [1.54, 1.807) is 24.3 Å². The molecule has 0 unspecified atom stereocenters. The van der Waals surface area contributed by atoms with E-state index < -0.39 is 36.2 Å². The molecule has 0 saturated carbocycles. The van der Waals surface area contributed by atoms with Crippen LogP contribution in [0.2, 0.25) is 0 Å². The Morgan fingerprint density at radius 1 is 0.625 bits per heavy atom. The van der Waals surface area contributed by atoms with Gasteiger partial charge in [0.15, 0.2) is 12.2 Å². The molecule has 0 heterocycles. The zero-order valence-corrected chi connectivity index (χ0v) is 17.3. The monoisotopic (exact) mass is 448 g/mol. The van der Waals surface area contributed by atoms with Gasteiger partial charge in [0.25, 0.3) is 11.8 Å². The lowest BCUT2D eigenvalue weighted by Crippen LogP contribution is -2.54. The van der Waals surface area contributed by atoms with Crippen molar-refractivity contribution in [1.82, 2.24) is 10.6 Å². The number of hydrogen-bond acceptors (Lipinski definition) is 8. The molecule has 10 heteroatoms. The quantitative estimate of drug-likeness (QED) is 0.206. The molecule has 2 rings (SSSR count). The van der Waals surface area contributed by atoms with E-state index in [1.807, 2.05) is 0 Å². The number of phenolic OH excluding ortho intramolecular Hbond substituents is 2. The maximum atomic E-state index is 12.0. The zero-order valence-electron chi connectivity index (χ0n) is 17.3. The van der Waals surface area contributed by atoms with Gasteiger partial charge in [-0.1, -0.05) is 24.3 Å². The van der Waals surface area contributed by atoms with Crippen LogP contribution in [0.25, 0.3) is 0 Å². The van der Waals surface area contributed by atoms with Crippen molar-refractivity contribution in [3.63, 3.8) is 0 Å². The first-order valence-electron chi connectivity index (χ1n) is 10.0. The Kier molecular flexibility index (Phi) is 9.41. The molecule has 0 aliphatic carbocycles. The number of nitrogens with one attached hydrogen (secondary N) is 2. The Hall–Kier alpha value is -3.18. The smallest absolute Gasteiger partial charge is 0.251 e. The molecule has 174 valence electrons. The van der Waals surface area contributed by atoms with Crippen LogP contribution in [0.4, 0.5) is 0 Å². The molecule has 0 radical (unpaired) electrons.